The Kier molecular flexibility index (Phi) is 8.95. The predicted molar refractivity (Wildman–Crippen MR) is 115 cm³/mol. The zero-order valence-electron chi connectivity index (χ0n) is 17.9. The van der Waals surface area contributed by atoms with Gasteiger partial charge < -0.3 is 29.3 Å². The maximum atomic E-state index is 9.10. The fourth-order valence-corrected chi connectivity index (χ4v) is 3.29. The van der Waals surface area contributed by atoms with Gasteiger partial charge in [0.2, 0.25) is 5.75 Å². The molecule has 2 aromatic carbocycles. The van der Waals surface area contributed by atoms with Gasteiger partial charge in [-0.1, -0.05) is 18.2 Å². The first-order chi connectivity index (χ1) is 14.9. The van der Waals surface area contributed by atoms with Gasteiger partial charge in [-0.05, 0) is 29.8 Å². The Morgan fingerprint density at radius 3 is 1.77 bits per heavy atom. The van der Waals surface area contributed by atoms with Gasteiger partial charge in [0.1, 0.15) is 0 Å². The summed E-state index contributed by atoms with van der Waals surface area (Å²) >= 11 is 0. The molecule has 3 rings (SSSR count). The molecule has 0 unspecified atom stereocenters. The number of nitrogens with zero attached hydrogens (tertiary/aromatic N) is 2. The summed E-state index contributed by atoms with van der Waals surface area (Å²) in [7, 11) is 4.93. The fourth-order valence-electron chi connectivity index (χ4n) is 3.29. The summed E-state index contributed by atoms with van der Waals surface area (Å²) < 4.78 is 16.3. The molecule has 168 valence electrons. The minimum Gasteiger partial charge on any atom is -0.493 e. The van der Waals surface area contributed by atoms with Crippen LogP contribution < -0.4 is 19.1 Å². The molecule has 2 N–H and O–H groups in total. The van der Waals surface area contributed by atoms with Gasteiger partial charge in [-0.25, -0.2) is 9.59 Å². The summed E-state index contributed by atoms with van der Waals surface area (Å²) in [6, 6.07) is 14.7. The summed E-state index contributed by atoms with van der Waals surface area (Å²) in [5, 5.41) is 14.8. The molecule has 0 amide bonds. The van der Waals surface area contributed by atoms with E-state index in [9.17, 15) is 0 Å². The molecule has 0 bridgehead atoms. The van der Waals surface area contributed by atoms with Crippen molar-refractivity contribution in [3.63, 3.8) is 0 Å². The smallest absolute Gasteiger partial charge is 0.414 e. The highest BCUT2D eigenvalue weighted by atomic mass is 16.5. The largest absolute Gasteiger partial charge is 0.493 e. The lowest BCUT2D eigenvalue weighted by Gasteiger charge is -2.36. The third kappa shape index (κ3) is 6.78. The van der Waals surface area contributed by atoms with Crippen molar-refractivity contribution < 1.29 is 34.0 Å². The van der Waals surface area contributed by atoms with Gasteiger partial charge in [-0.2, -0.15) is 0 Å². The number of rotatable bonds is 6. The Morgan fingerprint density at radius 1 is 0.839 bits per heavy atom. The van der Waals surface area contributed by atoms with Crippen LogP contribution in [0.15, 0.2) is 42.5 Å². The van der Waals surface area contributed by atoms with Crippen molar-refractivity contribution in [1.82, 2.24) is 4.90 Å². The van der Waals surface area contributed by atoms with Crippen molar-refractivity contribution in [2.24, 2.45) is 0 Å². The Labute approximate surface area is 181 Å². The number of carboxylic acids is 2. The molecule has 9 nitrogen and oxygen atoms in total. The van der Waals surface area contributed by atoms with Crippen molar-refractivity contribution in [2.45, 2.75) is 6.54 Å². The van der Waals surface area contributed by atoms with Crippen LogP contribution in [0.5, 0.6) is 17.2 Å². The summed E-state index contributed by atoms with van der Waals surface area (Å²) in [5.74, 6) is -1.59. The van der Waals surface area contributed by atoms with Crippen molar-refractivity contribution >= 4 is 17.6 Å². The maximum Gasteiger partial charge on any atom is 0.414 e. The summed E-state index contributed by atoms with van der Waals surface area (Å²) in [4.78, 5) is 23.1. The standard InChI is InChI=1S/C20H26N2O3.C2H2O4/c1-23-18-13-16(14-19(24-2)20(18)25-3)15-21-9-11-22(12-10-21)17-7-5-4-6-8-17;3-1(4)2(5)6/h4-8,13-14H,9-12,15H2,1-3H3;(H,3,4)(H,5,6). The van der Waals surface area contributed by atoms with E-state index in [1.807, 2.05) is 12.1 Å². The second kappa shape index (κ2) is 11.7. The van der Waals surface area contributed by atoms with Crippen LogP contribution in [0, 0.1) is 0 Å². The third-order valence-electron chi connectivity index (χ3n) is 4.81. The molecular formula is C22H28N2O7. The summed E-state index contributed by atoms with van der Waals surface area (Å²) in [5.41, 5.74) is 2.47. The molecule has 0 saturated carbocycles. The van der Waals surface area contributed by atoms with E-state index in [4.69, 9.17) is 34.0 Å². The first kappa shape index (κ1) is 23.8. The van der Waals surface area contributed by atoms with Crippen LogP contribution in [0.2, 0.25) is 0 Å². The van der Waals surface area contributed by atoms with Gasteiger partial charge in [-0.15, -0.1) is 0 Å². The lowest BCUT2D eigenvalue weighted by atomic mass is 10.1. The lowest BCUT2D eigenvalue weighted by Crippen LogP contribution is -2.45. The lowest BCUT2D eigenvalue weighted by molar-refractivity contribution is -0.159. The number of piperazine rings is 1. The first-order valence-electron chi connectivity index (χ1n) is 9.67. The fraction of sp³-hybridized carbons (Fsp3) is 0.364. The van der Waals surface area contributed by atoms with Crippen molar-refractivity contribution in [3.05, 3.63) is 48.0 Å². The molecule has 1 aliphatic heterocycles. The van der Waals surface area contributed by atoms with Crippen molar-refractivity contribution in [3.8, 4) is 17.2 Å². The Balaban J connectivity index is 0.000000501. The summed E-state index contributed by atoms with van der Waals surface area (Å²) in [6.07, 6.45) is 0. The second-order valence-corrected chi connectivity index (χ2v) is 6.74. The third-order valence-corrected chi connectivity index (χ3v) is 4.81. The van der Waals surface area contributed by atoms with Crippen molar-refractivity contribution in [2.75, 3.05) is 52.4 Å². The van der Waals surface area contributed by atoms with E-state index >= 15 is 0 Å². The van der Waals surface area contributed by atoms with Gasteiger partial charge in [0, 0.05) is 38.4 Å². The number of ether oxygens (including phenoxy) is 3. The van der Waals surface area contributed by atoms with E-state index in [0.717, 1.165) is 32.7 Å². The van der Waals surface area contributed by atoms with E-state index < -0.39 is 11.9 Å². The number of benzene rings is 2. The van der Waals surface area contributed by atoms with Crippen LogP contribution >= 0.6 is 0 Å². The molecule has 0 atom stereocenters. The van der Waals surface area contributed by atoms with E-state index in [0.29, 0.717) is 17.2 Å². The van der Waals surface area contributed by atoms with Crippen LogP contribution in [-0.4, -0.2) is 74.6 Å². The number of anilines is 1. The molecule has 2 aromatic rings. The molecule has 1 fully saturated rings. The van der Waals surface area contributed by atoms with E-state index in [2.05, 4.69) is 40.1 Å². The molecular weight excluding hydrogens is 404 g/mol. The van der Waals surface area contributed by atoms with E-state index in [1.54, 1.807) is 21.3 Å². The van der Waals surface area contributed by atoms with Crippen LogP contribution in [0.4, 0.5) is 5.69 Å². The molecule has 0 spiro atoms. The van der Waals surface area contributed by atoms with Crippen LogP contribution in [-0.2, 0) is 16.1 Å². The average Bonchev–Trinajstić information content (AvgIpc) is 2.79. The second-order valence-electron chi connectivity index (χ2n) is 6.74. The number of carboxylic acid groups (broad SMARTS) is 2. The Hall–Kier alpha value is -3.46. The van der Waals surface area contributed by atoms with Crippen LogP contribution in [0.1, 0.15) is 5.56 Å². The van der Waals surface area contributed by atoms with E-state index in [-0.39, 0.29) is 0 Å². The molecule has 31 heavy (non-hydrogen) atoms. The van der Waals surface area contributed by atoms with Crippen LogP contribution in [0.25, 0.3) is 0 Å². The number of hydrogen-bond donors (Lipinski definition) is 2. The number of methoxy groups -OCH3 is 3. The van der Waals surface area contributed by atoms with Gasteiger partial charge in [-0.3, -0.25) is 4.90 Å². The molecule has 0 aliphatic carbocycles. The summed E-state index contributed by atoms with van der Waals surface area (Å²) in [6.45, 7) is 5.01. The van der Waals surface area contributed by atoms with Crippen LogP contribution in [0.3, 0.4) is 0 Å². The van der Waals surface area contributed by atoms with Gasteiger partial charge in [0.05, 0.1) is 21.3 Å². The SMILES string of the molecule is COc1cc(CN2CCN(c3ccccc3)CC2)cc(OC)c1OC.O=C(O)C(=O)O. The molecule has 1 aliphatic rings. The van der Waals surface area contributed by atoms with Gasteiger partial charge in [0.15, 0.2) is 11.5 Å². The van der Waals surface area contributed by atoms with Crippen molar-refractivity contribution in [1.29, 1.82) is 0 Å². The number of aliphatic carboxylic acids is 2. The molecule has 0 radical (unpaired) electrons. The highest BCUT2D eigenvalue weighted by molar-refractivity contribution is 6.27. The predicted octanol–water partition coefficient (Wildman–Crippen LogP) is 2.19. The van der Waals surface area contributed by atoms with Gasteiger partial charge >= 0.3 is 11.9 Å². The first-order valence-corrected chi connectivity index (χ1v) is 9.67. The maximum absolute atomic E-state index is 9.10. The zero-order chi connectivity index (χ0) is 22.8. The molecule has 1 heterocycles. The highest BCUT2D eigenvalue weighted by Gasteiger charge is 2.19. The molecule has 1 saturated heterocycles. The molecule has 0 aromatic heterocycles. The minimum absolute atomic E-state index is 0.641. The molecule has 9 heteroatoms. The minimum atomic E-state index is -1.82. The number of hydrogen-bond acceptors (Lipinski definition) is 7. The van der Waals surface area contributed by atoms with E-state index in [1.165, 1.54) is 11.3 Å². The zero-order valence-corrected chi connectivity index (χ0v) is 17.9. The quantitative estimate of drug-likeness (QED) is 0.664. The average molecular weight is 432 g/mol. The monoisotopic (exact) mass is 432 g/mol. The number of para-hydroxylation sites is 1. The van der Waals surface area contributed by atoms with Gasteiger partial charge in [0.25, 0.3) is 0 Å². The Bertz CT molecular complexity index is 828. The highest BCUT2D eigenvalue weighted by Crippen LogP contribution is 2.38. The normalized spacial score (nSPS) is 13.6. The topological polar surface area (TPSA) is 109 Å². The number of carbonyl (C=O) groups is 2. The Morgan fingerprint density at radius 2 is 1.35 bits per heavy atom.